The van der Waals surface area contributed by atoms with E-state index in [1.807, 2.05) is 12.2 Å². The predicted molar refractivity (Wildman–Crippen MR) is 418 cm³/mol. The third-order valence-corrected chi connectivity index (χ3v) is 18.3. The van der Waals surface area contributed by atoms with E-state index in [1.54, 1.807) is 0 Å². The maximum Gasteiger partial charge on any atom is 0.472 e. The molecule has 0 saturated heterocycles. The Kier molecular flexibility index (Phi) is 71.4. The van der Waals surface area contributed by atoms with Crippen molar-refractivity contribution < 1.29 is 80.2 Å². The Morgan fingerprint density at radius 1 is 0.284 bits per heavy atom. The number of rotatable bonds is 74. The van der Waals surface area contributed by atoms with Crippen molar-refractivity contribution in [3.63, 3.8) is 0 Å². The van der Waals surface area contributed by atoms with Gasteiger partial charge in [-0.15, -0.1) is 0 Å². The molecule has 0 aliphatic heterocycles. The van der Waals surface area contributed by atoms with E-state index in [1.165, 1.54) is 89.9 Å². The minimum Gasteiger partial charge on any atom is -0.462 e. The van der Waals surface area contributed by atoms with Gasteiger partial charge >= 0.3 is 39.5 Å². The van der Waals surface area contributed by atoms with Gasteiger partial charge in [-0.05, 0) is 128 Å². The molecular formula is C83H142O17P2. The Bertz CT molecular complexity index is 2410. The standard InChI is InChI=1S/C83H142O17P2/c1-5-9-13-17-21-25-29-33-36-38-41-44-47-51-55-59-63-67-80(85)93-73-78(99-82(87)69-65-61-57-53-49-43-32-28-24-20-16-12-8-4)75-97-101(89,90)95-71-77(84)72-96-102(91,92)98-76-79(100-83(88)70-66-62-58-54-50-46-40-35-31-27-23-19-15-11-7-3)74-94-81(86)68-64-60-56-52-48-45-42-39-37-34-30-26-22-18-14-10-6-2/h9-10,13-14,21-22,25-26,28,32-34,36-37,41-42,44-45,51,55,77-79,84H,5-8,11-12,15-20,23-24,27,29-31,35,38-40,43,46-50,52-54,56-76H2,1-4H3,(H,89,90)(H,91,92)/b13-9-,14-10-,25-21-,26-22-,32-28-,36-33-,37-34-,44-41-,45-42-,55-51-. The molecule has 19 heteroatoms. The van der Waals surface area contributed by atoms with Gasteiger partial charge in [0.1, 0.15) is 19.3 Å². The van der Waals surface area contributed by atoms with Gasteiger partial charge in [0.05, 0.1) is 26.4 Å². The maximum atomic E-state index is 13.1. The Morgan fingerprint density at radius 3 is 0.843 bits per heavy atom. The summed E-state index contributed by atoms with van der Waals surface area (Å²) >= 11 is 0. The molecule has 0 aliphatic rings. The zero-order valence-electron chi connectivity index (χ0n) is 64.0. The highest BCUT2D eigenvalue weighted by Crippen LogP contribution is 2.45. The molecule has 0 heterocycles. The van der Waals surface area contributed by atoms with Crippen LogP contribution in [0.15, 0.2) is 122 Å². The van der Waals surface area contributed by atoms with Crippen molar-refractivity contribution >= 4 is 39.5 Å². The van der Waals surface area contributed by atoms with Gasteiger partial charge in [-0.3, -0.25) is 37.3 Å². The normalized spacial score (nSPS) is 14.5. The number of carbonyl (C=O) groups excluding carboxylic acids is 4. The van der Waals surface area contributed by atoms with E-state index in [2.05, 4.69) is 137 Å². The minimum absolute atomic E-state index is 0.0708. The van der Waals surface area contributed by atoms with E-state index < -0.39 is 97.5 Å². The predicted octanol–water partition coefficient (Wildman–Crippen LogP) is 23.1. The second-order valence-electron chi connectivity index (χ2n) is 26.2. The first-order valence-electron chi connectivity index (χ1n) is 39.8. The van der Waals surface area contributed by atoms with Crippen LogP contribution >= 0.6 is 15.6 Å². The first kappa shape index (κ1) is 97.5. The van der Waals surface area contributed by atoms with Crippen molar-refractivity contribution in [2.45, 2.75) is 341 Å². The highest BCUT2D eigenvalue weighted by Gasteiger charge is 2.30. The van der Waals surface area contributed by atoms with Crippen molar-refractivity contribution in [3.8, 4) is 0 Å². The second-order valence-corrected chi connectivity index (χ2v) is 29.2. The summed E-state index contributed by atoms with van der Waals surface area (Å²) in [7, 11) is -9.98. The van der Waals surface area contributed by atoms with E-state index in [0.717, 1.165) is 148 Å². The van der Waals surface area contributed by atoms with Gasteiger partial charge in [-0.25, -0.2) is 9.13 Å². The molecule has 3 N–H and O–H groups in total. The molecule has 5 unspecified atom stereocenters. The molecule has 5 atom stereocenters. The second kappa shape index (κ2) is 74.7. The molecule has 0 bridgehead atoms. The van der Waals surface area contributed by atoms with E-state index in [4.69, 9.17) is 37.0 Å². The first-order valence-corrected chi connectivity index (χ1v) is 42.8. The summed E-state index contributed by atoms with van der Waals surface area (Å²) in [5.74, 6) is -2.27. The number of allylic oxidation sites excluding steroid dienone is 20. The number of unbranched alkanes of at least 4 members (excludes halogenated alkanes) is 28. The van der Waals surface area contributed by atoms with Crippen LogP contribution in [0.1, 0.15) is 323 Å². The average Bonchev–Trinajstić information content (AvgIpc) is 0.908. The van der Waals surface area contributed by atoms with Gasteiger partial charge in [0.15, 0.2) is 12.2 Å². The monoisotopic (exact) mass is 1470 g/mol. The van der Waals surface area contributed by atoms with Crippen molar-refractivity contribution in [2.24, 2.45) is 0 Å². The lowest BCUT2D eigenvalue weighted by Gasteiger charge is -2.21. The highest BCUT2D eigenvalue weighted by molar-refractivity contribution is 7.47. The SMILES string of the molecule is CC/C=C\C/C=C\C/C=C\C/C=C\C/C=C\CCCC(=O)OCC(COP(=O)(O)OCC(O)COP(=O)(O)OCC(COC(=O)CCCCCC/C=C\C/C=C\C/C=C\C/C=C\CC)OC(=O)CCCCCCCCCCCCCCCCC)OC(=O)CCCCCCC/C=C\CCCCCC. The molecular weight excluding hydrogens is 1330 g/mol. The Balaban J connectivity index is 5.41. The van der Waals surface area contributed by atoms with Crippen LogP contribution in [0.2, 0.25) is 0 Å². The molecule has 17 nitrogen and oxygen atoms in total. The van der Waals surface area contributed by atoms with Crippen LogP contribution in [0.25, 0.3) is 0 Å². The topological polar surface area (TPSA) is 237 Å². The molecule has 102 heavy (non-hydrogen) atoms. The Labute approximate surface area is 619 Å². The summed E-state index contributed by atoms with van der Waals surface area (Å²) < 4.78 is 68.5. The van der Waals surface area contributed by atoms with E-state index in [9.17, 15) is 43.2 Å². The van der Waals surface area contributed by atoms with Gasteiger partial charge < -0.3 is 33.8 Å². The van der Waals surface area contributed by atoms with Gasteiger partial charge in [0, 0.05) is 25.7 Å². The van der Waals surface area contributed by atoms with Crippen LogP contribution in [0.3, 0.4) is 0 Å². The van der Waals surface area contributed by atoms with Crippen LogP contribution in [0.5, 0.6) is 0 Å². The molecule has 0 aromatic carbocycles. The van der Waals surface area contributed by atoms with Crippen LogP contribution < -0.4 is 0 Å². The van der Waals surface area contributed by atoms with Gasteiger partial charge in [-0.1, -0.05) is 290 Å². The number of ether oxygens (including phenoxy) is 4. The van der Waals surface area contributed by atoms with Crippen molar-refractivity contribution in [1.82, 2.24) is 0 Å². The molecule has 0 aliphatic carbocycles. The zero-order valence-corrected chi connectivity index (χ0v) is 65.8. The summed E-state index contributed by atoms with van der Waals surface area (Å²) in [4.78, 5) is 73.0. The molecule has 0 fully saturated rings. The minimum atomic E-state index is -4.99. The lowest BCUT2D eigenvalue weighted by molar-refractivity contribution is -0.161. The zero-order chi connectivity index (χ0) is 74.6. The number of aliphatic hydroxyl groups is 1. The third-order valence-electron chi connectivity index (χ3n) is 16.4. The number of phosphoric ester groups is 2. The van der Waals surface area contributed by atoms with E-state index >= 15 is 0 Å². The highest BCUT2D eigenvalue weighted by atomic mass is 31.2. The molecule has 0 radical (unpaired) electrons. The molecule has 586 valence electrons. The van der Waals surface area contributed by atoms with Crippen LogP contribution in [-0.2, 0) is 65.4 Å². The van der Waals surface area contributed by atoms with Crippen molar-refractivity contribution in [3.05, 3.63) is 122 Å². The quantitative estimate of drug-likeness (QED) is 0.0169. The smallest absolute Gasteiger partial charge is 0.462 e. The van der Waals surface area contributed by atoms with Crippen LogP contribution in [-0.4, -0.2) is 96.7 Å². The largest absolute Gasteiger partial charge is 0.472 e. The molecule has 0 spiro atoms. The first-order chi connectivity index (χ1) is 49.7. The van der Waals surface area contributed by atoms with Crippen LogP contribution in [0, 0.1) is 0 Å². The fraction of sp³-hybridized carbons (Fsp3) is 0.711. The number of esters is 4. The van der Waals surface area contributed by atoms with Crippen LogP contribution in [0.4, 0.5) is 0 Å². The van der Waals surface area contributed by atoms with E-state index in [-0.39, 0.29) is 25.7 Å². The average molecular weight is 1470 g/mol. The molecule has 0 aromatic heterocycles. The van der Waals surface area contributed by atoms with Gasteiger partial charge in [-0.2, -0.15) is 0 Å². The number of carbonyl (C=O) groups is 4. The lowest BCUT2D eigenvalue weighted by Crippen LogP contribution is -2.30. The maximum absolute atomic E-state index is 13.1. The number of phosphoric acid groups is 2. The lowest BCUT2D eigenvalue weighted by atomic mass is 10.0. The molecule has 0 saturated carbocycles. The molecule has 0 aromatic rings. The number of hydrogen-bond donors (Lipinski definition) is 3. The Hall–Kier alpha value is -4.54. The van der Waals surface area contributed by atoms with Crippen molar-refractivity contribution in [1.29, 1.82) is 0 Å². The summed E-state index contributed by atoms with van der Waals surface area (Å²) in [6, 6.07) is 0. The van der Waals surface area contributed by atoms with E-state index in [0.29, 0.717) is 32.1 Å². The summed E-state index contributed by atoms with van der Waals surface area (Å²) in [6.07, 6.45) is 81.8. The summed E-state index contributed by atoms with van der Waals surface area (Å²) in [6.45, 7) is 4.56. The summed E-state index contributed by atoms with van der Waals surface area (Å²) in [5.41, 5.74) is 0. The molecule has 0 amide bonds. The summed E-state index contributed by atoms with van der Waals surface area (Å²) in [5, 5.41) is 10.6. The fourth-order valence-corrected chi connectivity index (χ4v) is 12.0. The molecule has 0 rings (SSSR count). The van der Waals surface area contributed by atoms with Crippen molar-refractivity contribution in [2.75, 3.05) is 39.6 Å². The number of aliphatic hydroxyl groups excluding tert-OH is 1. The Morgan fingerprint density at radius 2 is 0.520 bits per heavy atom. The number of hydrogen-bond acceptors (Lipinski definition) is 15. The van der Waals surface area contributed by atoms with Gasteiger partial charge in [0.25, 0.3) is 0 Å². The third kappa shape index (κ3) is 73.8. The van der Waals surface area contributed by atoms with Gasteiger partial charge in [0.2, 0.25) is 0 Å². The fourth-order valence-electron chi connectivity index (χ4n) is 10.4.